The minimum atomic E-state index is -3.53. The summed E-state index contributed by atoms with van der Waals surface area (Å²) in [4.78, 5) is 0. The van der Waals surface area contributed by atoms with Crippen LogP contribution in [-0.4, -0.2) is 19.8 Å². The lowest BCUT2D eigenvalue weighted by Gasteiger charge is -2.24. The molecule has 7 heteroatoms. The Morgan fingerprint density at radius 2 is 1.90 bits per heavy atom. The molecular formula is C14H15Cl2NO2S2. The summed E-state index contributed by atoms with van der Waals surface area (Å²) >= 11 is 12.8. The molecule has 0 bridgehead atoms. The molecule has 1 aromatic heterocycles. The third kappa shape index (κ3) is 3.60. The van der Waals surface area contributed by atoms with Crippen LogP contribution in [0.25, 0.3) is 0 Å². The number of nitrogens with zero attached hydrogens (tertiary/aromatic N) is 1. The van der Waals surface area contributed by atoms with Gasteiger partial charge in [-0.2, -0.15) is 4.31 Å². The van der Waals surface area contributed by atoms with Gasteiger partial charge in [0.25, 0.3) is 10.0 Å². The predicted octanol–water partition coefficient (Wildman–Crippen LogP) is 4.52. The molecule has 1 heterocycles. The molecule has 0 radical (unpaired) electrons. The van der Waals surface area contributed by atoms with Gasteiger partial charge in [-0.3, -0.25) is 0 Å². The third-order valence-corrected chi connectivity index (χ3v) is 7.27. The summed E-state index contributed by atoms with van der Waals surface area (Å²) in [6.45, 7) is 1.84. The molecule has 1 atom stereocenters. The Balaban J connectivity index is 2.28. The second kappa shape index (κ2) is 6.67. The van der Waals surface area contributed by atoms with E-state index < -0.39 is 10.0 Å². The van der Waals surface area contributed by atoms with Crippen LogP contribution in [0.15, 0.2) is 39.9 Å². The Kier molecular flexibility index (Phi) is 5.33. The molecule has 1 unspecified atom stereocenters. The lowest BCUT2D eigenvalue weighted by Crippen LogP contribution is -2.29. The summed E-state index contributed by atoms with van der Waals surface area (Å²) in [6.07, 6.45) is 0. The average Bonchev–Trinajstić information content (AvgIpc) is 2.96. The number of thiophene rings is 1. The molecule has 0 spiro atoms. The Labute approximate surface area is 139 Å². The molecule has 3 nitrogen and oxygen atoms in total. The minimum absolute atomic E-state index is 0.284. The summed E-state index contributed by atoms with van der Waals surface area (Å²) in [6, 6.07) is 8.51. The zero-order valence-corrected chi connectivity index (χ0v) is 14.7. The van der Waals surface area contributed by atoms with Gasteiger partial charge in [-0.1, -0.05) is 23.7 Å². The molecule has 0 aliphatic heterocycles. The number of hydrogen-bond acceptors (Lipinski definition) is 3. The average molecular weight is 364 g/mol. The van der Waals surface area contributed by atoms with Crippen LogP contribution >= 0.6 is 34.5 Å². The van der Waals surface area contributed by atoms with Gasteiger partial charge in [-0.15, -0.1) is 22.9 Å². The fourth-order valence-electron chi connectivity index (χ4n) is 1.86. The largest absolute Gasteiger partial charge is 0.252 e. The summed E-state index contributed by atoms with van der Waals surface area (Å²) in [7, 11) is -1.95. The van der Waals surface area contributed by atoms with Crippen molar-refractivity contribution < 1.29 is 8.42 Å². The molecule has 0 N–H and O–H groups in total. The van der Waals surface area contributed by atoms with Crippen molar-refractivity contribution in [2.24, 2.45) is 0 Å². The molecule has 0 saturated heterocycles. The van der Waals surface area contributed by atoms with Crippen LogP contribution < -0.4 is 0 Å². The molecule has 21 heavy (non-hydrogen) atoms. The number of alkyl halides is 1. The highest BCUT2D eigenvalue weighted by Crippen LogP contribution is 2.30. The van der Waals surface area contributed by atoms with E-state index in [1.54, 1.807) is 30.6 Å². The van der Waals surface area contributed by atoms with Crippen LogP contribution in [0.1, 0.15) is 24.1 Å². The molecule has 114 valence electrons. The lowest BCUT2D eigenvalue weighted by molar-refractivity contribution is 0.399. The van der Waals surface area contributed by atoms with E-state index in [-0.39, 0.29) is 6.04 Å². The lowest BCUT2D eigenvalue weighted by atomic mass is 10.1. The second-order valence-corrected chi connectivity index (χ2v) is 8.50. The second-order valence-electron chi connectivity index (χ2n) is 4.66. The van der Waals surface area contributed by atoms with Crippen LogP contribution in [0.4, 0.5) is 0 Å². The number of benzene rings is 1. The maximum absolute atomic E-state index is 12.6. The van der Waals surface area contributed by atoms with Crippen LogP contribution in [0, 0.1) is 0 Å². The van der Waals surface area contributed by atoms with Crippen molar-refractivity contribution in [3.63, 3.8) is 0 Å². The topological polar surface area (TPSA) is 37.4 Å². The summed E-state index contributed by atoms with van der Waals surface area (Å²) < 4.78 is 26.9. The number of halogens is 2. The molecule has 0 aliphatic rings. The van der Waals surface area contributed by atoms with E-state index in [4.69, 9.17) is 23.2 Å². The van der Waals surface area contributed by atoms with E-state index in [2.05, 4.69) is 0 Å². The highest BCUT2D eigenvalue weighted by Gasteiger charge is 2.27. The third-order valence-electron chi connectivity index (χ3n) is 3.32. The van der Waals surface area contributed by atoms with Crippen molar-refractivity contribution in [2.75, 3.05) is 7.05 Å². The monoisotopic (exact) mass is 363 g/mol. The van der Waals surface area contributed by atoms with Gasteiger partial charge in [0.15, 0.2) is 0 Å². The first kappa shape index (κ1) is 16.8. The number of sulfonamides is 1. The Morgan fingerprint density at radius 1 is 1.29 bits per heavy atom. The van der Waals surface area contributed by atoms with Gasteiger partial charge in [0.1, 0.15) is 4.21 Å². The van der Waals surface area contributed by atoms with Crippen LogP contribution in [0.2, 0.25) is 5.02 Å². The quantitative estimate of drug-likeness (QED) is 0.732. The normalized spacial score (nSPS) is 13.6. The zero-order valence-electron chi connectivity index (χ0n) is 11.6. The number of hydrogen-bond donors (Lipinski definition) is 0. The van der Waals surface area contributed by atoms with Crippen molar-refractivity contribution in [3.05, 3.63) is 51.9 Å². The van der Waals surface area contributed by atoms with E-state index in [9.17, 15) is 8.42 Å². The van der Waals surface area contributed by atoms with E-state index in [1.807, 2.05) is 19.1 Å². The van der Waals surface area contributed by atoms with E-state index in [1.165, 1.54) is 15.6 Å². The van der Waals surface area contributed by atoms with Crippen LogP contribution in [-0.2, 0) is 15.9 Å². The molecule has 0 amide bonds. The van der Waals surface area contributed by atoms with Gasteiger partial charge >= 0.3 is 0 Å². The molecular weight excluding hydrogens is 349 g/mol. The van der Waals surface area contributed by atoms with Crippen LogP contribution in [0.3, 0.4) is 0 Å². The Bertz CT molecular complexity index is 711. The fourth-order valence-corrected chi connectivity index (χ4v) is 4.98. The fraction of sp³-hybridized carbons (Fsp3) is 0.286. The molecule has 2 rings (SSSR count). The first-order valence-corrected chi connectivity index (χ1v) is 9.46. The van der Waals surface area contributed by atoms with Gasteiger partial charge in [-0.05, 0) is 41.6 Å². The number of rotatable bonds is 5. The molecule has 1 aromatic carbocycles. The molecule has 0 saturated carbocycles. The van der Waals surface area contributed by atoms with Crippen LogP contribution in [0.5, 0.6) is 0 Å². The smallest absolute Gasteiger partial charge is 0.206 e. The standard InChI is InChI=1S/C14H15Cl2NO2S2/c1-10(12-3-5-13(16)6-4-12)17(2)21(18,19)14-7-11(8-15)9-20-14/h3-7,9-10H,8H2,1-2H3. The summed E-state index contributed by atoms with van der Waals surface area (Å²) in [5.41, 5.74) is 1.70. The predicted molar refractivity (Wildman–Crippen MR) is 88.7 cm³/mol. The highest BCUT2D eigenvalue weighted by atomic mass is 35.5. The Hall–Kier alpha value is -0.590. The van der Waals surface area contributed by atoms with Crippen molar-refractivity contribution in [3.8, 4) is 0 Å². The van der Waals surface area contributed by atoms with Crippen molar-refractivity contribution in [1.82, 2.24) is 4.31 Å². The SMILES string of the molecule is CC(c1ccc(Cl)cc1)N(C)S(=O)(=O)c1cc(CCl)cs1. The van der Waals surface area contributed by atoms with Crippen molar-refractivity contribution in [1.29, 1.82) is 0 Å². The van der Waals surface area contributed by atoms with E-state index in [0.29, 0.717) is 15.1 Å². The summed E-state index contributed by atoms with van der Waals surface area (Å²) in [5.74, 6) is 0.308. The van der Waals surface area contributed by atoms with Crippen molar-refractivity contribution in [2.45, 2.75) is 23.1 Å². The van der Waals surface area contributed by atoms with Gasteiger partial charge in [-0.25, -0.2) is 8.42 Å². The maximum atomic E-state index is 12.6. The maximum Gasteiger partial charge on any atom is 0.252 e. The zero-order chi connectivity index (χ0) is 15.6. The first-order chi connectivity index (χ1) is 9.86. The van der Waals surface area contributed by atoms with E-state index >= 15 is 0 Å². The molecule has 2 aromatic rings. The van der Waals surface area contributed by atoms with Gasteiger partial charge in [0, 0.05) is 24.0 Å². The van der Waals surface area contributed by atoms with Gasteiger partial charge < -0.3 is 0 Å². The van der Waals surface area contributed by atoms with E-state index in [0.717, 1.165) is 11.1 Å². The minimum Gasteiger partial charge on any atom is -0.206 e. The van der Waals surface area contributed by atoms with Gasteiger partial charge in [0.05, 0.1) is 0 Å². The Morgan fingerprint density at radius 3 is 2.43 bits per heavy atom. The molecule has 0 aliphatic carbocycles. The van der Waals surface area contributed by atoms with Crippen molar-refractivity contribution >= 4 is 44.6 Å². The first-order valence-electron chi connectivity index (χ1n) is 6.23. The molecule has 0 fully saturated rings. The summed E-state index contributed by atoms with van der Waals surface area (Å²) in [5, 5.41) is 2.39. The van der Waals surface area contributed by atoms with Gasteiger partial charge in [0.2, 0.25) is 0 Å². The highest BCUT2D eigenvalue weighted by molar-refractivity contribution is 7.91.